The summed E-state index contributed by atoms with van der Waals surface area (Å²) in [6.07, 6.45) is -0.877. The van der Waals surface area contributed by atoms with Crippen LogP contribution in [0.5, 0.6) is 0 Å². The van der Waals surface area contributed by atoms with Crippen molar-refractivity contribution in [3.8, 4) is 0 Å². The van der Waals surface area contributed by atoms with Crippen LogP contribution in [0, 0.1) is 5.82 Å². The second-order valence-electron chi connectivity index (χ2n) is 4.69. The molecule has 0 fully saturated rings. The molecule has 110 valence electrons. The Morgan fingerprint density at radius 3 is 2.67 bits per heavy atom. The highest BCUT2D eigenvalue weighted by molar-refractivity contribution is 6.31. The van der Waals surface area contributed by atoms with Crippen LogP contribution < -0.4 is 5.32 Å². The fraction of sp³-hybridized carbons (Fsp3) is 0.188. The molecule has 0 aromatic heterocycles. The number of benzene rings is 2. The predicted octanol–water partition coefficient (Wildman–Crippen LogP) is 3.71. The van der Waals surface area contributed by atoms with Gasteiger partial charge in [-0.2, -0.15) is 0 Å². The zero-order valence-electron chi connectivity index (χ0n) is 11.4. The van der Waals surface area contributed by atoms with Crippen LogP contribution in [0.25, 0.3) is 0 Å². The molecule has 3 nitrogen and oxygen atoms in total. The van der Waals surface area contributed by atoms with E-state index in [4.69, 9.17) is 11.6 Å². The third-order valence-electron chi connectivity index (χ3n) is 3.08. The summed E-state index contributed by atoms with van der Waals surface area (Å²) in [5.41, 5.74) is 1.27. The molecule has 2 aromatic rings. The van der Waals surface area contributed by atoms with E-state index in [1.807, 2.05) is 0 Å². The third-order valence-corrected chi connectivity index (χ3v) is 3.44. The predicted molar refractivity (Wildman–Crippen MR) is 80.8 cm³/mol. The lowest BCUT2D eigenvalue weighted by Crippen LogP contribution is -2.17. The molecule has 2 N–H and O–H groups in total. The van der Waals surface area contributed by atoms with Gasteiger partial charge >= 0.3 is 0 Å². The number of anilines is 1. The minimum absolute atomic E-state index is 0.159. The van der Waals surface area contributed by atoms with E-state index in [9.17, 15) is 14.3 Å². The molecule has 0 aliphatic rings. The molecule has 0 saturated heterocycles. The first kappa shape index (κ1) is 15.5. The maximum Gasteiger partial charge on any atom is 0.228 e. The van der Waals surface area contributed by atoms with Crippen LogP contribution in [0.4, 0.5) is 10.1 Å². The summed E-state index contributed by atoms with van der Waals surface area (Å²) in [4.78, 5) is 12.0. The Kier molecular flexibility index (Phi) is 4.94. The van der Waals surface area contributed by atoms with Crippen LogP contribution in [-0.4, -0.2) is 11.0 Å². The van der Waals surface area contributed by atoms with Crippen molar-refractivity contribution in [3.05, 3.63) is 64.4 Å². The molecule has 2 rings (SSSR count). The van der Waals surface area contributed by atoms with Gasteiger partial charge in [0.25, 0.3) is 0 Å². The van der Waals surface area contributed by atoms with Crippen molar-refractivity contribution in [2.24, 2.45) is 0 Å². The van der Waals surface area contributed by atoms with E-state index in [1.54, 1.807) is 31.2 Å². The van der Waals surface area contributed by atoms with Gasteiger partial charge in [0.2, 0.25) is 5.91 Å². The number of rotatable bonds is 4. The summed E-state index contributed by atoms with van der Waals surface area (Å²) in [5.74, 6) is -0.906. The summed E-state index contributed by atoms with van der Waals surface area (Å²) in [6, 6.07) is 11.2. The van der Waals surface area contributed by atoms with Crippen molar-refractivity contribution in [1.82, 2.24) is 0 Å². The molecule has 1 atom stereocenters. The molecule has 21 heavy (non-hydrogen) atoms. The number of aliphatic hydroxyl groups is 1. The van der Waals surface area contributed by atoms with Gasteiger partial charge < -0.3 is 10.4 Å². The number of hydrogen-bond acceptors (Lipinski definition) is 2. The van der Waals surface area contributed by atoms with E-state index in [-0.39, 0.29) is 17.0 Å². The Hall–Kier alpha value is -1.91. The smallest absolute Gasteiger partial charge is 0.228 e. The molecule has 0 heterocycles. The van der Waals surface area contributed by atoms with Gasteiger partial charge in [0, 0.05) is 21.8 Å². The third kappa shape index (κ3) is 3.80. The molecule has 0 aliphatic carbocycles. The molecule has 0 aliphatic heterocycles. The number of aliphatic hydroxyl groups excluding tert-OH is 1. The standard InChI is InChI=1S/C16H15ClFNO2/c1-10(20)11-5-2-3-8-15(11)19-16(21)9-12-13(17)6-4-7-14(12)18/h2-8,10,20H,9H2,1H3,(H,19,21). The summed E-state index contributed by atoms with van der Waals surface area (Å²) in [7, 11) is 0. The van der Waals surface area contributed by atoms with E-state index >= 15 is 0 Å². The van der Waals surface area contributed by atoms with Crippen molar-refractivity contribution in [2.75, 3.05) is 5.32 Å². The minimum Gasteiger partial charge on any atom is -0.389 e. The number of hydrogen-bond donors (Lipinski definition) is 2. The SMILES string of the molecule is CC(O)c1ccccc1NC(=O)Cc1c(F)cccc1Cl. The number of nitrogens with one attached hydrogen (secondary N) is 1. The fourth-order valence-corrected chi connectivity index (χ4v) is 2.26. The van der Waals surface area contributed by atoms with E-state index in [0.29, 0.717) is 11.3 Å². The van der Waals surface area contributed by atoms with Crippen LogP contribution in [0.3, 0.4) is 0 Å². The molecule has 5 heteroatoms. The Morgan fingerprint density at radius 1 is 1.29 bits per heavy atom. The van der Waals surface area contributed by atoms with Gasteiger partial charge in [-0.25, -0.2) is 4.39 Å². The quantitative estimate of drug-likeness (QED) is 0.904. The van der Waals surface area contributed by atoms with Crippen LogP contribution in [0.1, 0.15) is 24.2 Å². The van der Waals surface area contributed by atoms with E-state index in [0.717, 1.165) is 0 Å². The average molecular weight is 308 g/mol. The number of carbonyl (C=O) groups is 1. The Morgan fingerprint density at radius 2 is 2.00 bits per heavy atom. The summed E-state index contributed by atoms with van der Waals surface area (Å²) in [5, 5.41) is 12.6. The maximum absolute atomic E-state index is 13.7. The minimum atomic E-state index is -0.710. The first-order valence-electron chi connectivity index (χ1n) is 6.48. The maximum atomic E-state index is 13.7. The Bertz CT molecular complexity index is 638. The summed E-state index contributed by atoms with van der Waals surface area (Å²) in [6.45, 7) is 1.61. The first-order valence-corrected chi connectivity index (χ1v) is 6.86. The largest absolute Gasteiger partial charge is 0.389 e. The van der Waals surface area contributed by atoms with Crippen LogP contribution in [-0.2, 0) is 11.2 Å². The molecule has 2 aromatic carbocycles. The summed E-state index contributed by atoms with van der Waals surface area (Å²) < 4.78 is 13.7. The van der Waals surface area contributed by atoms with Crippen LogP contribution in [0.2, 0.25) is 5.02 Å². The molecule has 1 unspecified atom stereocenters. The number of para-hydroxylation sites is 1. The van der Waals surface area contributed by atoms with Crippen LogP contribution >= 0.6 is 11.6 Å². The van der Waals surface area contributed by atoms with Crippen molar-refractivity contribution < 1.29 is 14.3 Å². The topological polar surface area (TPSA) is 49.3 Å². The normalized spacial score (nSPS) is 12.0. The van der Waals surface area contributed by atoms with E-state index in [1.165, 1.54) is 18.2 Å². The van der Waals surface area contributed by atoms with Gasteiger partial charge in [-0.05, 0) is 25.1 Å². The highest BCUT2D eigenvalue weighted by Crippen LogP contribution is 2.23. The lowest BCUT2D eigenvalue weighted by molar-refractivity contribution is -0.115. The van der Waals surface area contributed by atoms with E-state index in [2.05, 4.69) is 5.32 Å². The Balaban J connectivity index is 2.16. The van der Waals surface area contributed by atoms with Crippen molar-refractivity contribution in [3.63, 3.8) is 0 Å². The molecule has 1 amide bonds. The first-order chi connectivity index (χ1) is 9.99. The highest BCUT2D eigenvalue weighted by Gasteiger charge is 2.14. The van der Waals surface area contributed by atoms with Gasteiger partial charge in [-0.1, -0.05) is 35.9 Å². The van der Waals surface area contributed by atoms with Crippen LogP contribution in [0.15, 0.2) is 42.5 Å². The van der Waals surface area contributed by atoms with Crippen molar-refractivity contribution in [1.29, 1.82) is 0 Å². The molecular formula is C16H15ClFNO2. The number of carbonyl (C=O) groups excluding carboxylic acids is 1. The van der Waals surface area contributed by atoms with Gasteiger partial charge in [0.1, 0.15) is 5.82 Å². The second-order valence-corrected chi connectivity index (χ2v) is 5.10. The zero-order chi connectivity index (χ0) is 15.4. The van der Waals surface area contributed by atoms with Gasteiger partial charge in [-0.3, -0.25) is 4.79 Å². The van der Waals surface area contributed by atoms with Gasteiger partial charge in [0.05, 0.1) is 12.5 Å². The summed E-state index contributed by atoms with van der Waals surface area (Å²) >= 11 is 5.90. The molecule has 0 spiro atoms. The van der Waals surface area contributed by atoms with Crippen molar-refractivity contribution in [2.45, 2.75) is 19.4 Å². The van der Waals surface area contributed by atoms with Gasteiger partial charge in [0.15, 0.2) is 0 Å². The van der Waals surface area contributed by atoms with Crippen molar-refractivity contribution >= 4 is 23.2 Å². The Labute approximate surface area is 127 Å². The zero-order valence-corrected chi connectivity index (χ0v) is 12.2. The van der Waals surface area contributed by atoms with E-state index < -0.39 is 17.8 Å². The second kappa shape index (κ2) is 6.70. The molecule has 0 bridgehead atoms. The molecular weight excluding hydrogens is 293 g/mol. The monoisotopic (exact) mass is 307 g/mol. The van der Waals surface area contributed by atoms with Gasteiger partial charge in [-0.15, -0.1) is 0 Å². The lowest BCUT2D eigenvalue weighted by Gasteiger charge is -2.13. The average Bonchev–Trinajstić information content (AvgIpc) is 2.43. The number of halogens is 2. The number of amides is 1. The molecule has 0 radical (unpaired) electrons. The molecule has 0 saturated carbocycles. The lowest BCUT2D eigenvalue weighted by atomic mass is 10.1. The fourth-order valence-electron chi connectivity index (χ4n) is 2.03. The highest BCUT2D eigenvalue weighted by atomic mass is 35.5.